The zero-order valence-corrected chi connectivity index (χ0v) is 14.1. The first-order valence-corrected chi connectivity index (χ1v) is 9.02. The standard InChI is InChI=1S/C14H26N4O2S/c1-10(2)12-5-6-18(9-12)21(19,20)14-13(8-16-17-14)7-15-11(3)4/h8,10-12,15H,5-7,9H2,1-4H3,(H,16,17). The van der Waals surface area contributed by atoms with Gasteiger partial charge in [-0.05, 0) is 18.3 Å². The van der Waals surface area contributed by atoms with Gasteiger partial charge in [0.2, 0.25) is 0 Å². The van der Waals surface area contributed by atoms with E-state index in [0.717, 1.165) is 6.42 Å². The minimum absolute atomic E-state index is 0.236. The molecule has 0 bridgehead atoms. The molecule has 1 saturated heterocycles. The first kappa shape index (κ1) is 16.5. The molecule has 1 aromatic rings. The normalized spacial score (nSPS) is 20.8. The van der Waals surface area contributed by atoms with Crippen molar-refractivity contribution in [3.63, 3.8) is 0 Å². The van der Waals surface area contributed by atoms with Crippen LogP contribution in [0.5, 0.6) is 0 Å². The Morgan fingerprint density at radius 2 is 2.14 bits per heavy atom. The molecule has 0 spiro atoms. The summed E-state index contributed by atoms with van der Waals surface area (Å²) in [5.74, 6) is 0.953. The molecule has 0 radical (unpaired) electrons. The molecule has 6 nitrogen and oxygen atoms in total. The minimum Gasteiger partial charge on any atom is -0.310 e. The Morgan fingerprint density at radius 1 is 1.43 bits per heavy atom. The van der Waals surface area contributed by atoms with Crippen LogP contribution in [0.25, 0.3) is 0 Å². The Kier molecular flexibility index (Phi) is 5.06. The largest absolute Gasteiger partial charge is 0.310 e. The predicted molar refractivity (Wildman–Crippen MR) is 82.3 cm³/mol. The van der Waals surface area contributed by atoms with Crippen LogP contribution in [-0.2, 0) is 16.6 Å². The molecule has 0 saturated carbocycles. The van der Waals surface area contributed by atoms with Crippen LogP contribution in [0, 0.1) is 11.8 Å². The summed E-state index contributed by atoms with van der Waals surface area (Å²) in [6.45, 7) is 10.1. The summed E-state index contributed by atoms with van der Waals surface area (Å²) < 4.78 is 27.1. The third kappa shape index (κ3) is 3.64. The second kappa shape index (κ2) is 6.46. The monoisotopic (exact) mass is 314 g/mol. The van der Waals surface area contributed by atoms with E-state index in [1.165, 1.54) is 0 Å². The molecule has 0 aromatic carbocycles. The average Bonchev–Trinajstić information content (AvgIpc) is 3.05. The average molecular weight is 314 g/mol. The molecule has 0 aliphatic carbocycles. The maximum atomic E-state index is 12.8. The zero-order chi connectivity index (χ0) is 15.6. The quantitative estimate of drug-likeness (QED) is 0.835. The van der Waals surface area contributed by atoms with Crippen molar-refractivity contribution in [2.24, 2.45) is 11.8 Å². The highest BCUT2D eigenvalue weighted by Crippen LogP contribution is 2.28. The van der Waals surface area contributed by atoms with Gasteiger partial charge >= 0.3 is 0 Å². The number of sulfonamides is 1. The summed E-state index contributed by atoms with van der Waals surface area (Å²) in [6.07, 6.45) is 2.53. The van der Waals surface area contributed by atoms with E-state index in [4.69, 9.17) is 0 Å². The third-order valence-corrected chi connectivity index (χ3v) is 5.99. The van der Waals surface area contributed by atoms with Gasteiger partial charge in [-0.15, -0.1) is 0 Å². The van der Waals surface area contributed by atoms with E-state index in [2.05, 4.69) is 29.4 Å². The number of hydrogen-bond donors (Lipinski definition) is 2. The molecular weight excluding hydrogens is 288 g/mol. The molecule has 1 aromatic heterocycles. The number of aromatic nitrogens is 2. The number of nitrogens with zero attached hydrogens (tertiary/aromatic N) is 2. The molecule has 1 fully saturated rings. The summed E-state index contributed by atoms with van der Waals surface area (Å²) in [4.78, 5) is 0. The number of rotatable bonds is 6. The molecule has 120 valence electrons. The van der Waals surface area contributed by atoms with Crippen molar-refractivity contribution in [1.82, 2.24) is 19.8 Å². The fraction of sp³-hybridized carbons (Fsp3) is 0.786. The van der Waals surface area contributed by atoms with Crippen molar-refractivity contribution in [2.75, 3.05) is 13.1 Å². The molecule has 1 atom stereocenters. The summed E-state index contributed by atoms with van der Waals surface area (Å²) in [7, 11) is -3.47. The zero-order valence-electron chi connectivity index (χ0n) is 13.3. The van der Waals surface area contributed by atoms with E-state index in [9.17, 15) is 8.42 Å². The SMILES string of the molecule is CC(C)NCc1cn[nH]c1S(=O)(=O)N1CCC(C(C)C)C1. The van der Waals surface area contributed by atoms with E-state index in [0.29, 0.717) is 43.1 Å². The molecule has 1 unspecified atom stereocenters. The van der Waals surface area contributed by atoms with Crippen LogP contribution in [0.3, 0.4) is 0 Å². The van der Waals surface area contributed by atoms with Crippen LogP contribution >= 0.6 is 0 Å². The second-order valence-corrected chi connectivity index (χ2v) is 8.29. The molecule has 1 aliphatic heterocycles. The summed E-state index contributed by atoms with van der Waals surface area (Å²) in [5, 5.41) is 10.1. The van der Waals surface area contributed by atoms with Crippen molar-refractivity contribution >= 4 is 10.0 Å². The fourth-order valence-electron chi connectivity index (χ4n) is 2.61. The van der Waals surface area contributed by atoms with E-state index < -0.39 is 10.0 Å². The van der Waals surface area contributed by atoms with E-state index in [-0.39, 0.29) is 5.03 Å². The smallest absolute Gasteiger partial charge is 0.260 e. The lowest BCUT2D eigenvalue weighted by atomic mass is 9.96. The van der Waals surface area contributed by atoms with Gasteiger partial charge in [0.15, 0.2) is 5.03 Å². The van der Waals surface area contributed by atoms with Gasteiger partial charge in [0.1, 0.15) is 0 Å². The van der Waals surface area contributed by atoms with Crippen LogP contribution in [-0.4, -0.2) is 42.1 Å². The molecule has 21 heavy (non-hydrogen) atoms. The fourth-order valence-corrected chi connectivity index (χ4v) is 4.22. The topological polar surface area (TPSA) is 78.1 Å². The van der Waals surface area contributed by atoms with E-state index >= 15 is 0 Å². The molecule has 1 aliphatic rings. The van der Waals surface area contributed by atoms with E-state index in [1.807, 2.05) is 13.8 Å². The highest BCUT2D eigenvalue weighted by atomic mass is 32.2. The molecule has 2 N–H and O–H groups in total. The Hall–Kier alpha value is -0.920. The maximum absolute atomic E-state index is 12.8. The molecule has 2 rings (SSSR count). The lowest BCUT2D eigenvalue weighted by molar-refractivity contribution is 0.387. The Morgan fingerprint density at radius 3 is 2.71 bits per heavy atom. The van der Waals surface area contributed by atoms with Crippen LogP contribution in [0.2, 0.25) is 0 Å². The lowest BCUT2D eigenvalue weighted by Gasteiger charge is -2.18. The minimum atomic E-state index is -3.47. The van der Waals surface area contributed by atoms with Gasteiger partial charge in [-0.1, -0.05) is 27.7 Å². The second-order valence-electron chi connectivity index (χ2n) is 6.42. The summed E-state index contributed by atoms with van der Waals surface area (Å²) in [6, 6.07) is 0.299. The number of hydrogen-bond acceptors (Lipinski definition) is 4. The van der Waals surface area contributed by atoms with Crippen molar-refractivity contribution in [3.8, 4) is 0 Å². The van der Waals surface area contributed by atoms with Crippen molar-refractivity contribution < 1.29 is 8.42 Å². The lowest BCUT2D eigenvalue weighted by Crippen LogP contribution is -2.31. The first-order chi connectivity index (χ1) is 9.82. The van der Waals surface area contributed by atoms with Crippen molar-refractivity contribution in [3.05, 3.63) is 11.8 Å². The Bertz CT molecular complexity index is 565. The van der Waals surface area contributed by atoms with E-state index in [1.54, 1.807) is 10.5 Å². The molecule has 2 heterocycles. The van der Waals surface area contributed by atoms with Gasteiger partial charge in [-0.25, -0.2) is 8.42 Å². The predicted octanol–water partition coefficient (Wildman–Crippen LogP) is 1.57. The van der Waals surface area contributed by atoms with Crippen LogP contribution < -0.4 is 5.32 Å². The maximum Gasteiger partial charge on any atom is 0.260 e. The Balaban J connectivity index is 2.15. The van der Waals surface area contributed by atoms with Gasteiger partial charge < -0.3 is 5.32 Å². The summed E-state index contributed by atoms with van der Waals surface area (Å²) >= 11 is 0. The third-order valence-electron chi connectivity index (χ3n) is 4.11. The van der Waals surface area contributed by atoms with Crippen molar-refractivity contribution in [2.45, 2.75) is 51.7 Å². The van der Waals surface area contributed by atoms with Gasteiger partial charge in [0.25, 0.3) is 10.0 Å². The Labute approximate surface area is 127 Å². The molecule has 7 heteroatoms. The highest BCUT2D eigenvalue weighted by molar-refractivity contribution is 7.89. The van der Waals surface area contributed by atoms with Gasteiger partial charge in [0, 0.05) is 31.2 Å². The molecule has 0 amide bonds. The van der Waals surface area contributed by atoms with Crippen LogP contribution in [0.15, 0.2) is 11.2 Å². The van der Waals surface area contributed by atoms with Gasteiger partial charge in [-0.3, -0.25) is 5.10 Å². The highest BCUT2D eigenvalue weighted by Gasteiger charge is 2.35. The number of H-pyrrole nitrogens is 1. The first-order valence-electron chi connectivity index (χ1n) is 7.58. The molecular formula is C14H26N4O2S. The number of nitrogens with one attached hydrogen (secondary N) is 2. The van der Waals surface area contributed by atoms with Gasteiger partial charge in [-0.2, -0.15) is 9.40 Å². The van der Waals surface area contributed by atoms with Crippen molar-refractivity contribution in [1.29, 1.82) is 0 Å². The number of aromatic amines is 1. The van der Waals surface area contributed by atoms with Gasteiger partial charge in [0.05, 0.1) is 6.20 Å². The summed E-state index contributed by atoms with van der Waals surface area (Å²) in [5.41, 5.74) is 0.705. The van der Waals surface area contributed by atoms with Crippen LogP contribution in [0.1, 0.15) is 39.7 Å². The van der Waals surface area contributed by atoms with Crippen LogP contribution in [0.4, 0.5) is 0 Å².